The Morgan fingerprint density at radius 2 is 0.806 bits per heavy atom. The van der Waals surface area contributed by atoms with Crippen LogP contribution in [0.4, 0.5) is 0 Å². The van der Waals surface area contributed by atoms with Gasteiger partial charge in [0.25, 0.3) is 0 Å². The second-order valence-electron chi connectivity index (χ2n) is 19.3. The van der Waals surface area contributed by atoms with Gasteiger partial charge in [0, 0.05) is 6.42 Å². The van der Waals surface area contributed by atoms with Gasteiger partial charge in [-0.1, -0.05) is 248 Å². The molecular formula is C61H109NO5. The Morgan fingerprint density at radius 3 is 1.24 bits per heavy atom. The third kappa shape index (κ3) is 49.5. The van der Waals surface area contributed by atoms with Crippen molar-refractivity contribution in [3.63, 3.8) is 0 Å². The summed E-state index contributed by atoms with van der Waals surface area (Å²) in [4.78, 5) is 26.2. The van der Waals surface area contributed by atoms with Crippen molar-refractivity contribution in [2.45, 2.75) is 296 Å². The lowest BCUT2D eigenvalue weighted by Gasteiger charge is -2.24. The van der Waals surface area contributed by atoms with Gasteiger partial charge >= 0.3 is 5.97 Å². The molecule has 0 saturated carbocycles. The van der Waals surface area contributed by atoms with E-state index in [1.165, 1.54) is 141 Å². The molecular weight excluding hydrogens is 827 g/mol. The number of hydrogen-bond donors (Lipinski definition) is 3. The number of allylic oxidation sites excluding steroid dienone is 12. The first kappa shape index (κ1) is 64.3. The Kier molecular flexibility index (Phi) is 52.1. The van der Waals surface area contributed by atoms with Crippen LogP contribution in [-0.2, 0) is 14.3 Å². The normalized spacial score (nSPS) is 13.7. The topological polar surface area (TPSA) is 95.9 Å². The molecule has 0 aliphatic rings. The molecule has 1 amide bonds. The van der Waals surface area contributed by atoms with E-state index in [1.54, 1.807) is 0 Å². The highest BCUT2D eigenvalue weighted by atomic mass is 16.5. The van der Waals surface area contributed by atoms with Crippen molar-refractivity contribution in [1.29, 1.82) is 0 Å². The van der Waals surface area contributed by atoms with Crippen molar-refractivity contribution in [2.24, 2.45) is 0 Å². The first-order chi connectivity index (χ1) is 33.0. The molecule has 0 aliphatic heterocycles. The lowest BCUT2D eigenvalue weighted by molar-refractivity contribution is -0.151. The van der Waals surface area contributed by atoms with Gasteiger partial charge in [0.2, 0.25) is 5.91 Å². The Hall–Kier alpha value is -2.70. The smallest absolute Gasteiger partial charge is 0.306 e. The highest BCUT2D eigenvalue weighted by Crippen LogP contribution is 2.18. The molecule has 0 spiro atoms. The minimum atomic E-state index is -0.803. The van der Waals surface area contributed by atoms with Crippen LogP contribution < -0.4 is 5.32 Å². The van der Waals surface area contributed by atoms with E-state index in [9.17, 15) is 19.8 Å². The van der Waals surface area contributed by atoms with E-state index in [2.05, 4.69) is 99.0 Å². The number of carbonyl (C=O) groups is 2. The Morgan fingerprint density at radius 1 is 0.448 bits per heavy atom. The Balaban J connectivity index is 4.65. The zero-order valence-corrected chi connectivity index (χ0v) is 44.3. The van der Waals surface area contributed by atoms with Gasteiger partial charge in [-0.25, -0.2) is 0 Å². The average Bonchev–Trinajstić information content (AvgIpc) is 3.32. The van der Waals surface area contributed by atoms with E-state index in [0.717, 1.165) is 83.5 Å². The highest BCUT2D eigenvalue weighted by molar-refractivity contribution is 5.77. The van der Waals surface area contributed by atoms with Crippen LogP contribution in [0, 0.1) is 0 Å². The summed E-state index contributed by atoms with van der Waals surface area (Å²) >= 11 is 0. The largest absolute Gasteiger partial charge is 0.462 e. The zero-order chi connectivity index (χ0) is 48.8. The van der Waals surface area contributed by atoms with Crippen molar-refractivity contribution in [3.05, 3.63) is 72.9 Å². The number of rotatable bonds is 51. The fourth-order valence-corrected chi connectivity index (χ4v) is 8.46. The summed E-state index contributed by atoms with van der Waals surface area (Å²) in [7, 11) is 0. The minimum Gasteiger partial charge on any atom is -0.462 e. The monoisotopic (exact) mass is 936 g/mol. The average molecular weight is 937 g/mol. The third-order valence-electron chi connectivity index (χ3n) is 12.8. The molecule has 0 fully saturated rings. The number of carbonyl (C=O) groups excluding carboxylic acids is 2. The maximum atomic E-state index is 13.3. The standard InChI is InChI=1S/C61H109NO5/c1-4-7-10-13-16-19-22-25-28-30-33-36-39-42-45-48-51-54-61(66)67-57(52-49-46-43-40-37-34-31-27-24-21-18-15-12-9-6-3)55-60(65)62-58(56-63)59(64)53-50-47-44-41-38-35-32-29-26-23-20-17-14-11-8-5-2/h7,10,16,19,25,27-28,31,33,36,42,45,57-59,63-64H,4-6,8-9,11-15,17-18,20-24,26,29-30,32,34-35,37-41,43-44,46-56H2,1-3H3,(H,62,65)/b10-7-,19-16-,28-25-,31-27+,36-33-,45-42-. The number of esters is 1. The molecule has 0 aromatic carbocycles. The van der Waals surface area contributed by atoms with E-state index in [1.807, 2.05) is 0 Å². The second kappa shape index (κ2) is 54.2. The van der Waals surface area contributed by atoms with Gasteiger partial charge in [-0.15, -0.1) is 0 Å². The summed E-state index contributed by atoms with van der Waals surface area (Å²) in [6, 6.07) is -0.719. The molecule has 6 heteroatoms. The molecule has 0 aliphatic carbocycles. The molecule has 0 saturated heterocycles. The Bertz CT molecular complexity index is 1230. The molecule has 3 N–H and O–H groups in total. The minimum absolute atomic E-state index is 0.0478. The number of nitrogens with one attached hydrogen (secondary N) is 1. The quantitative estimate of drug-likeness (QED) is 0.0321. The first-order valence-corrected chi connectivity index (χ1v) is 28.7. The number of aliphatic hydroxyl groups excluding tert-OH is 2. The van der Waals surface area contributed by atoms with Crippen LogP contribution in [0.1, 0.15) is 278 Å². The van der Waals surface area contributed by atoms with E-state index in [-0.39, 0.29) is 24.9 Å². The van der Waals surface area contributed by atoms with E-state index in [0.29, 0.717) is 25.7 Å². The van der Waals surface area contributed by atoms with E-state index >= 15 is 0 Å². The number of ether oxygens (including phenoxy) is 1. The maximum absolute atomic E-state index is 13.3. The summed E-state index contributed by atoms with van der Waals surface area (Å²) < 4.78 is 5.93. The van der Waals surface area contributed by atoms with Gasteiger partial charge in [0.05, 0.1) is 25.2 Å². The number of aliphatic hydroxyl groups is 2. The van der Waals surface area contributed by atoms with Gasteiger partial charge in [0.1, 0.15) is 6.10 Å². The molecule has 0 heterocycles. The molecule has 3 unspecified atom stereocenters. The fraction of sp³-hybridized carbons (Fsp3) is 0.770. The van der Waals surface area contributed by atoms with Gasteiger partial charge < -0.3 is 20.3 Å². The van der Waals surface area contributed by atoms with Crippen LogP contribution in [0.3, 0.4) is 0 Å². The number of unbranched alkanes of at least 4 members (excludes halogenated alkanes) is 27. The van der Waals surface area contributed by atoms with Crippen LogP contribution in [0.5, 0.6) is 0 Å². The van der Waals surface area contributed by atoms with Crippen molar-refractivity contribution in [1.82, 2.24) is 5.32 Å². The van der Waals surface area contributed by atoms with Crippen molar-refractivity contribution >= 4 is 11.9 Å². The molecule has 6 nitrogen and oxygen atoms in total. The molecule has 0 aromatic rings. The molecule has 0 aromatic heterocycles. The van der Waals surface area contributed by atoms with E-state index < -0.39 is 18.2 Å². The molecule has 3 atom stereocenters. The van der Waals surface area contributed by atoms with Crippen molar-refractivity contribution in [2.75, 3.05) is 6.61 Å². The predicted octanol–water partition coefficient (Wildman–Crippen LogP) is 17.7. The second-order valence-corrected chi connectivity index (χ2v) is 19.3. The number of amides is 1. The molecule has 67 heavy (non-hydrogen) atoms. The predicted molar refractivity (Wildman–Crippen MR) is 291 cm³/mol. The fourth-order valence-electron chi connectivity index (χ4n) is 8.46. The number of hydrogen-bond acceptors (Lipinski definition) is 5. The van der Waals surface area contributed by atoms with Gasteiger partial charge in [-0.2, -0.15) is 0 Å². The van der Waals surface area contributed by atoms with Crippen molar-refractivity contribution < 1.29 is 24.5 Å². The van der Waals surface area contributed by atoms with Crippen molar-refractivity contribution in [3.8, 4) is 0 Å². The van der Waals surface area contributed by atoms with Gasteiger partial charge in [0.15, 0.2) is 0 Å². The summed E-state index contributed by atoms with van der Waals surface area (Å²) in [5.74, 6) is -0.547. The first-order valence-electron chi connectivity index (χ1n) is 28.7. The summed E-state index contributed by atoms with van der Waals surface area (Å²) in [6.07, 6.45) is 69.7. The van der Waals surface area contributed by atoms with E-state index in [4.69, 9.17) is 4.74 Å². The van der Waals surface area contributed by atoms with Crippen LogP contribution in [0.2, 0.25) is 0 Å². The Labute approximate surface area is 415 Å². The maximum Gasteiger partial charge on any atom is 0.306 e. The van der Waals surface area contributed by atoms with Gasteiger partial charge in [-0.05, 0) is 89.9 Å². The summed E-state index contributed by atoms with van der Waals surface area (Å²) in [5, 5.41) is 23.9. The van der Waals surface area contributed by atoms with Crippen LogP contribution in [-0.4, -0.2) is 46.9 Å². The highest BCUT2D eigenvalue weighted by Gasteiger charge is 2.24. The molecule has 0 bridgehead atoms. The molecule has 0 radical (unpaired) electrons. The van der Waals surface area contributed by atoms with Crippen LogP contribution >= 0.6 is 0 Å². The summed E-state index contributed by atoms with van der Waals surface area (Å²) in [6.45, 7) is 6.37. The lowest BCUT2D eigenvalue weighted by atomic mass is 10.0. The van der Waals surface area contributed by atoms with Crippen LogP contribution in [0.15, 0.2) is 72.9 Å². The summed E-state index contributed by atoms with van der Waals surface area (Å²) in [5.41, 5.74) is 0. The van der Waals surface area contributed by atoms with Crippen LogP contribution in [0.25, 0.3) is 0 Å². The SMILES string of the molecule is CC/C=C\C/C=C\C/C=C\C/C=C\C/C=C\CCCC(=O)OC(CCCCCCC/C=C/CCCCCCCC)CC(=O)NC(CO)C(O)CCCCCCCCCCCCCCCCCC. The lowest BCUT2D eigenvalue weighted by Crippen LogP contribution is -2.46. The molecule has 0 rings (SSSR count). The van der Waals surface area contributed by atoms with Gasteiger partial charge in [-0.3, -0.25) is 9.59 Å². The zero-order valence-electron chi connectivity index (χ0n) is 44.3. The third-order valence-corrected chi connectivity index (χ3v) is 12.8. The molecule has 388 valence electrons.